The second-order valence-electron chi connectivity index (χ2n) is 3.68. The van der Waals surface area contributed by atoms with Crippen LogP contribution in [0, 0.1) is 0 Å². The van der Waals surface area contributed by atoms with E-state index in [-0.39, 0.29) is 18.5 Å². The first-order valence-electron chi connectivity index (χ1n) is 5.47. The maximum atomic E-state index is 11.9. The average molecular weight is 253 g/mol. The number of carbonyl (C=O) groups excluding carboxylic acids is 1. The lowest BCUT2D eigenvalue weighted by Crippen LogP contribution is -2.44. The van der Waals surface area contributed by atoms with Gasteiger partial charge in [-0.2, -0.15) is 5.10 Å². The lowest BCUT2D eigenvalue weighted by atomic mass is 10.2. The van der Waals surface area contributed by atoms with Crippen molar-refractivity contribution < 1.29 is 14.7 Å². The summed E-state index contributed by atoms with van der Waals surface area (Å²) < 4.78 is 0. The molecule has 0 aliphatic heterocycles. The summed E-state index contributed by atoms with van der Waals surface area (Å²) >= 11 is 0. The molecule has 98 valence electrons. The highest BCUT2D eigenvalue weighted by Crippen LogP contribution is 2.06. The fraction of sp³-hybridized carbons (Fsp3) is 0.500. The van der Waals surface area contributed by atoms with E-state index in [9.17, 15) is 9.59 Å². The normalized spacial score (nSPS) is 11.7. The highest BCUT2D eigenvalue weighted by molar-refractivity contribution is 5.89. The van der Waals surface area contributed by atoms with Crippen molar-refractivity contribution in [2.24, 2.45) is 0 Å². The summed E-state index contributed by atoms with van der Waals surface area (Å²) in [7, 11) is 0. The second kappa shape index (κ2) is 6.48. The maximum Gasteiger partial charge on any atom is 0.325 e. The molecule has 0 radical (unpaired) electrons. The lowest BCUT2D eigenvalue weighted by Gasteiger charge is -2.26. The molecule has 0 bridgehead atoms. The van der Waals surface area contributed by atoms with Gasteiger partial charge in [0.2, 0.25) is 0 Å². The van der Waals surface area contributed by atoms with Gasteiger partial charge < -0.3 is 10.0 Å². The Morgan fingerprint density at radius 3 is 2.72 bits per heavy atom. The van der Waals surface area contributed by atoms with Crippen LogP contribution in [-0.2, 0) is 4.79 Å². The molecule has 1 rings (SSSR count). The van der Waals surface area contributed by atoms with Crippen molar-refractivity contribution in [3.63, 3.8) is 0 Å². The molecule has 18 heavy (non-hydrogen) atoms. The average Bonchev–Trinajstić information content (AvgIpc) is 2.36. The third kappa shape index (κ3) is 3.96. The summed E-state index contributed by atoms with van der Waals surface area (Å²) in [6.07, 6.45) is 3.40. The van der Waals surface area contributed by atoms with Crippen LogP contribution in [0.25, 0.3) is 0 Å². The van der Waals surface area contributed by atoms with Crippen LogP contribution < -0.4 is 5.32 Å². The van der Waals surface area contributed by atoms with Crippen molar-refractivity contribution in [2.75, 3.05) is 11.9 Å². The summed E-state index contributed by atoms with van der Waals surface area (Å²) in [5, 5.41) is 18.3. The number of carboxylic acid groups (broad SMARTS) is 1. The van der Waals surface area contributed by atoms with Crippen molar-refractivity contribution in [1.82, 2.24) is 20.1 Å². The summed E-state index contributed by atoms with van der Waals surface area (Å²) in [5.74, 6) is -1.03. The van der Waals surface area contributed by atoms with E-state index in [1.54, 1.807) is 6.92 Å². The Balaban J connectivity index is 2.73. The van der Waals surface area contributed by atoms with Crippen molar-refractivity contribution in [1.29, 1.82) is 0 Å². The van der Waals surface area contributed by atoms with Crippen LogP contribution in [0.1, 0.15) is 20.3 Å². The van der Waals surface area contributed by atoms with Gasteiger partial charge in [0.15, 0.2) is 0 Å². The molecule has 8 nitrogen and oxygen atoms in total. The SMILES string of the molecule is CCC(C)N(CC(=O)O)C(=O)Nc1nccnn1. The molecule has 0 aliphatic carbocycles. The number of carboxylic acids is 1. The third-order valence-electron chi connectivity index (χ3n) is 2.39. The molecule has 2 N–H and O–H groups in total. The molecule has 1 heterocycles. The van der Waals surface area contributed by atoms with E-state index in [0.717, 1.165) is 0 Å². The maximum absolute atomic E-state index is 11.9. The zero-order valence-corrected chi connectivity index (χ0v) is 10.2. The third-order valence-corrected chi connectivity index (χ3v) is 2.39. The van der Waals surface area contributed by atoms with E-state index in [1.165, 1.54) is 17.3 Å². The molecule has 1 unspecified atom stereocenters. The van der Waals surface area contributed by atoms with Crippen LogP contribution in [-0.4, -0.2) is 49.8 Å². The fourth-order valence-electron chi connectivity index (χ4n) is 1.27. The summed E-state index contributed by atoms with van der Waals surface area (Å²) in [5.41, 5.74) is 0. The first-order chi connectivity index (χ1) is 8.54. The number of nitrogens with zero attached hydrogens (tertiary/aromatic N) is 4. The molecule has 1 atom stereocenters. The van der Waals surface area contributed by atoms with E-state index in [1.807, 2.05) is 6.92 Å². The number of amides is 2. The van der Waals surface area contributed by atoms with Gasteiger partial charge in [0, 0.05) is 6.04 Å². The number of carbonyl (C=O) groups is 2. The van der Waals surface area contributed by atoms with Crippen LogP contribution in [0.2, 0.25) is 0 Å². The van der Waals surface area contributed by atoms with Crippen LogP contribution in [0.5, 0.6) is 0 Å². The van der Waals surface area contributed by atoms with E-state index in [4.69, 9.17) is 5.11 Å². The predicted molar refractivity (Wildman–Crippen MR) is 62.9 cm³/mol. The van der Waals surface area contributed by atoms with E-state index in [2.05, 4.69) is 20.5 Å². The van der Waals surface area contributed by atoms with Gasteiger partial charge in [-0.3, -0.25) is 10.1 Å². The van der Waals surface area contributed by atoms with Crippen molar-refractivity contribution in [2.45, 2.75) is 26.3 Å². The van der Waals surface area contributed by atoms with Crippen LogP contribution in [0.15, 0.2) is 12.4 Å². The molecular weight excluding hydrogens is 238 g/mol. The Bertz CT molecular complexity index is 411. The first kappa shape index (κ1) is 13.8. The van der Waals surface area contributed by atoms with Crippen molar-refractivity contribution >= 4 is 17.9 Å². The molecule has 1 aromatic heterocycles. The predicted octanol–water partition coefficient (Wildman–Crippen LogP) is 0.589. The van der Waals surface area contributed by atoms with Gasteiger partial charge in [0.25, 0.3) is 5.95 Å². The molecular formula is C10H15N5O3. The second-order valence-corrected chi connectivity index (χ2v) is 3.68. The number of aromatic nitrogens is 3. The standard InChI is InChI=1S/C10H15N5O3/c1-3-7(2)15(6-8(16)17)10(18)13-9-11-4-5-12-14-9/h4-5,7H,3,6H2,1-2H3,(H,16,17)(H,11,13,14,18). The quantitative estimate of drug-likeness (QED) is 0.794. The number of nitrogens with one attached hydrogen (secondary N) is 1. The summed E-state index contributed by atoms with van der Waals surface area (Å²) in [6, 6.07) is -0.752. The number of hydrogen-bond donors (Lipinski definition) is 2. The van der Waals surface area contributed by atoms with Crippen molar-refractivity contribution in [3.05, 3.63) is 12.4 Å². The summed E-state index contributed by atoms with van der Waals surface area (Å²) in [6.45, 7) is 3.26. The van der Waals surface area contributed by atoms with E-state index < -0.39 is 12.0 Å². The zero-order valence-electron chi connectivity index (χ0n) is 10.2. The monoisotopic (exact) mass is 253 g/mol. The number of urea groups is 1. The smallest absolute Gasteiger partial charge is 0.325 e. The topological polar surface area (TPSA) is 108 Å². The van der Waals surface area contributed by atoms with E-state index in [0.29, 0.717) is 6.42 Å². The molecule has 1 aromatic rings. The van der Waals surface area contributed by atoms with Gasteiger partial charge in [-0.05, 0) is 13.3 Å². The first-order valence-corrected chi connectivity index (χ1v) is 5.47. The minimum Gasteiger partial charge on any atom is -0.480 e. The molecule has 0 fully saturated rings. The largest absolute Gasteiger partial charge is 0.480 e. The minimum absolute atomic E-state index is 0.0428. The molecule has 2 amide bonds. The number of rotatable bonds is 5. The highest BCUT2D eigenvalue weighted by Gasteiger charge is 2.22. The molecule has 0 aromatic carbocycles. The zero-order chi connectivity index (χ0) is 13.5. The van der Waals surface area contributed by atoms with Crippen LogP contribution >= 0.6 is 0 Å². The van der Waals surface area contributed by atoms with Gasteiger partial charge in [-0.25, -0.2) is 9.78 Å². The van der Waals surface area contributed by atoms with Crippen molar-refractivity contribution in [3.8, 4) is 0 Å². The Hall–Kier alpha value is -2.25. The number of anilines is 1. The fourth-order valence-corrected chi connectivity index (χ4v) is 1.27. The number of hydrogen-bond acceptors (Lipinski definition) is 5. The molecule has 0 saturated carbocycles. The Morgan fingerprint density at radius 2 is 2.22 bits per heavy atom. The summed E-state index contributed by atoms with van der Waals surface area (Å²) in [4.78, 5) is 27.6. The number of aliphatic carboxylic acids is 1. The van der Waals surface area contributed by atoms with Gasteiger partial charge in [0.1, 0.15) is 6.54 Å². The van der Waals surface area contributed by atoms with Gasteiger partial charge >= 0.3 is 12.0 Å². The van der Waals surface area contributed by atoms with Gasteiger partial charge in [0.05, 0.1) is 12.4 Å². The minimum atomic E-state index is -1.07. The Labute approximate surface area is 104 Å². The Morgan fingerprint density at radius 1 is 1.50 bits per heavy atom. The van der Waals surface area contributed by atoms with Gasteiger partial charge in [-0.15, -0.1) is 5.10 Å². The van der Waals surface area contributed by atoms with Crippen LogP contribution in [0.3, 0.4) is 0 Å². The van der Waals surface area contributed by atoms with E-state index >= 15 is 0 Å². The molecule has 8 heteroatoms. The van der Waals surface area contributed by atoms with Gasteiger partial charge in [-0.1, -0.05) is 6.92 Å². The van der Waals surface area contributed by atoms with Crippen LogP contribution in [0.4, 0.5) is 10.7 Å². The molecule has 0 saturated heterocycles. The molecule has 0 aliphatic rings. The highest BCUT2D eigenvalue weighted by atomic mass is 16.4. The lowest BCUT2D eigenvalue weighted by molar-refractivity contribution is -0.138. The molecule has 0 spiro atoms. The Kier molecular flexibility index (Phi) is 4.97.